The summed E-state index contributed by atoms with van der Waals surface area (Å²) in [7, 11) is 6.29. The molecule has 74 valence electrons. The van der Waals surface area contributed by atoms with Crippen LogP contribution in [0.1, 0.15) is 26.7 Å². The Labute approximate surface area is 88.8 Å². The topological polar surface area (TPSA) is 47.6 Å². The van der Waals surface area contributed by atoms with Gasteiger partial charge in [-0.2, -0.15) is 0 Å². The summed E-state index contributed by atoms with van der Waals surface area (Å²) in [6, 6.07) is 0. The van der Waals surface area contributed by atoms with Crippen LogP contribution in [0.2, 0.25) is 5.31 Å². The van der Waals surface area contributed by atoms with E-state index in [4.69, 9.17) is 13.6 Å². The molecule has 2 N–H and O–H groups in total. The molecule has 3 nitrogen and oxygen atoms in total. The van der Waals surface area contributed by atoms with Gasteiger partial charge in [0.2, 0.25) is 0 Å². The summed E-state index contributed by atoms with van der Waals surface area (Å²) in [4.78, 5) is 0. The van der Waals surface area contributed by atoms with E-state index in [2.05, 4.69) is 21.9 Å². The minimum absolute atomic E-state index is 0.277. The Kier molecular flexibility index (Phi) is 6.83. The Hall–Kier alpha value is 0.275. The summed E-state index contributed by atoms with van der Waals surface area (Å²) in [6.07, 6.45) is 2.07. The zero-order valence-electron chi connectivity index (χ0n) is 8.08. The molecule has 0 aliphatic rings. The van der Waals surface area contributed by atoms with Crippen LogP contribution in [0.5, 0.6) is 0 Å². The molecule has 0 heterocycles. The molecular formula is C7H16BN2OPS. The van der Waals surface area contributed by atoms with E-state index in [1.54, 1.807) is 0 Å². The highest BCUT2D eigenvalue weighted by Gasteiger charge is 2.23. The largest absolute Gasteiger partial charge is 0.387 e. The fraction of sp³-hybridized carbons (Fsp3) is 0.857. The van der Waals surface area contributed by atoms with E-state index in [1.165, 1.54) is 0 Å². The first-order valence-electron chi connectivity index (χ1n) is 4.22. The van der Waals surface area contributed by atoms with Crippen LogP contribution in [-0.4, -0.2) is 20.0 Å². The number of nitrogens with zero attached hydrogens (tertiary/aromatic N) is 1. The smallest absolute Gasteiger partial charge is 0.0983 e. The molecular weight excluding hydrogens is 202 g/mol. The fourth-order valence-electron chi connectivity index (χ4n) is 0.870. The number of nitrogens with two attached hydrogens (primary N) is 1. The van der Waals surface area contributed by atoms with Gasteiger partial charge in [0.1, 0.15) is 0 Å². The molecule has 6 heteroatoms. The third-order valence-electron chi connectivity index (χ3n) is 2.10. The Morgan fingerprint density at radius 2 is 2.15 bits per heavy atom. The van der Waals surface area contributed by atoms with E-state index in [0.29, 0.717) is 12.2 Å². The van der Waals surface area contributed by atoms with E-state index in [0.717, 1.165) is 12.8 Å². The van der Waals surface area contributed by atoms with Gasteiger partial charge in [0, 0.05) is 8.73 Å². The highest BCUT2D eigenvalue weighted by atomic mass is 32.1. The second-order valence-electron chi connectivity index (χ2n) is 2.79. The molecule has 0 aromatic heterocycles. The molecule has 0 bridgehead atoms. The summed E-state index contributed by atoms with van der Waals surface area (Å²) in [5, 5.41) is -0.455. The Balaban J connectivity index is 4.19. The highest BCUT2D eigenvalue weighted by Crippen LogP contribution is 2.32. The van der Waals surface area contributed by atoms with Gasteiger partial charge in [0.05, 0.1) is 20.0 Å². The van der Waals surface area contributed by atoms with Crippen LogP contribution in [0, 0.1) is 0 Å². The molecule has 0 rings (SSSR count). The molecule has 1 unspecified atom stereocenters. The maximum absolute atomic E-state index is 6.01. The molecule has 0 amide bonds. The van der Waals surface area contributed by atoms with Crippen molar-refractivity contribution in [3.8, 4) is 0 Å². The second-order valence-corrected chi connectivity index (χ2v) is 3.88. The molecule has 0 aromatic carbocycles. The molecule has 0 saturated heterocycles. The second kappa shape index (κ2) is 6.69. The summed E-state index contributed by atoms with van der Waals surface area (Å²) in [6.45, 7) is 4.01. The minimum atomic E-state index is -0.455. The van der Waals surface area contributed by atoms with Gasteiger partial charge in [0.15, 0.2) is 0 Å². The Bertz CT molecular complexity index is 176. The van der Waals surface area contributed by atoms with Crippen molar-refractivity contribution in [3.05, 3.63) is 0 Å². The lowest BCUT2D eigenvalue weighted by Gasteiger charge is -2.26. The maximum atomic E-state index is 6.01. The van der Waals surface area contributed by atoms with Crippen molar-refractivity contribution in [3.63, 3.8) is 0 Å². The molecule has 0 aliphatic carbocycles. The van der Waals surface area contributed by atoms with Crippen LogP contribution in [0.15, 0.2) is 4.76 Å². The lowest BCUT2D eigenvalue weighted by atomic mass is 9.64. The van der Waals surface area contributed by atoms with Crippen LogP contribution >= 0.6 is 21.6 Å². The van der Waals surface area contributed by atoms with Crippen molar-refractivity contribution in [1.82, 2.24) is 0 Å². The predicted molar refractivity (Wildman–Crippen MR) is 63.9 cm³/mol. The van der Waals surface area contributed by atoms with E-state index < -0.39 is 5.31 Å². The average Bonchev–Trinajstić information content (AvgIpc) is 2.17. The summed E-state index contributed by atoms with van der Waals surface area (Å²) >= 11 is 3.61. The third-order valence-corrected chi connectivity index (χ3v) is 3.15. The van der Waals surface area contributed by atoms with Crippen LogP contribution in [-0.2, 0) is 4.18 Å². The predicted octanol–water partition coefficient (Wildman–Crippen LogP) is 1.90. The Morgan fingerprint density at radius 1 is 1.62 bits per heavy atom. The minimum Gasteiger partial charge on any atom is -0.387 e. The first kappa shape index (κ1) is 13.3. The molecule has 0 saturated carbocycles. The number of amidine groups is 1. The normalized spacial score (nSPS) is 14.2. The van der Waals surface area contributed by atoms with Crippen molar-refractivity contribution in [2.24, 2.45) is 10.5 Å². The van der Waals surface area contributed by atoms with E-state index in [-0.39, 0.29) is 8.73 Å². The van der Waals surface area contributed by atoms with Crippen molar-refractivity contribution in [2.75, 3.05) is 6.35 Å². The monoisotopic (exact) mass is 218 g/mol. The average molecular weight is 218 g/mol. The van der Waals surface area contributed by atoms with Crippen LogP contribution in [0.4, 0.5) is 0 Å². The van der Waals surface area contributed by atoms with Gasteiger partial charge in [0.25, 0.3) is 0 Å². The quantitative estimate of drug-likeness (QED) is 0.136. The molecule has 13 heavy (non-hydrogen) atoms. The lowest BCUT2D eigenvalue weighted by molar-refractivity contribution is 0.471. The molecule has 0 aliphatic heterocycles. The fourth-order valence-corrected chi connectivity index (χ4v) is 1.56. The summed E-state index contributed by atoms with van der Waals surface area (Å²) < 4.78 is 8.73. The first-order valence-corrected chi connectivity index (χ1v) is 5.74. The van der Waals surface area contributed by atoms with E-state index in [1.807, 2.05) is 13.8 Å². The van der Waals surface area contributed by atoms with E-state index in [9.17, 15) is 0 Å². The van der Waals surface area contributed by atoms with Crippen LogP contribution < -0.4 is 5.73 Å². The third kappa shape index (κ3) is 4.34. The first-order chi connectivity index (χ1) is 6.10. The van der Waals surface area contributed by atoms with Crippen molar-refractivity contribution < 1.29 is 4.18 Å². The van der Waals surface area contributed by atoms with Gasteiger partial charge < -0.3 is 9.92 Å². The SMILES string of the molecule is [B]C(CC)(CC)C(N)=NPCOS. The lowest BCUT2D eigenvalue weighted by Crippen LogP contribution is -2.30. The molecule has 1 atom stereocenters. The molecule has 0 fully saturated rings. The van der Waals surface area contributed by atoms with Gasteiger partial charge >= 0.3 is 0 Å². The van der Waals surface area contributed by atoms with Gasteiger partial charge in [-0.05, 0) is 18.2 Å². The number of hydrogen-bond acceptors (Lipinski definition) is 3. The van der Waals surface area contributed by atoms with E-state index >= 15 is 0 Å². The summed E-state index contributed by atoms with van der Waals surface area (Å²) in [5.41, 5.74) is 5.77. The zero-order chi connectivity index (χ0) is 10.3. The summed E-state index contributed by atoms with van der Waals surface area (Å²) in [5.74, 6) is 0.515. The highest BCUT2D eigenvalue weighted by molar-refractivity contribution is 7.75. The number of thiol groups is 1. The van der Waals surface area contributed by atoms with Crippen molar-refractivity contribution in [1.29, 1.82) is 0 Å². The van der Waals surface area contributed by atoms with Gasteiger partial charge in [-0.1, -0.05) is 26.7 Å². The molecule has 0 spiro atoms. The zero-order valence-corrected chi connectivity index (χ0v) is 9.97. The van der Waals surface area contributed by atoms with Gasteiger partial charge in [-0.3, -0.25) is 4.76 Å². The van der Waals surface area contributed by atoms with Gasteiger partial charge in [-0.25, -0.2) is 0 Å². The Morgan fingerprint density at radius 3 is 2.54 bits per heavy atom. The standard InChI is InChI=1S/C7H16BN2OPS/c1-3-7(8,4-2)6(9)10-12-5-11-13/h12-13H,3-5H2,1-2H3,(H2,9,10). The molecule has 0 aromatic rings. The maximum Gasteiger partial charge on any atom is 0.0983 e. The molecule has 2 radical (unpaired) electrons. The van der Waals surface area contributed by atoms with Crippen LogP contribution in [0.3, 0.4) is 0 Å². The van der Waals surface area contributed by atoms with Crippen molar-refractivity contribution >= 4 is 35.3 Å². The van der Waals surface area contributed by atoms with Crippen LogP contribution in [0.25, 0.3) is 0 Å². The number of rotatable bonds is 6. The van der Waals surface area contributed by atoms with Gasteiger partial charge in [-0.15, -0.1) is 0 Å². The van der Waals surface area contributed by atoms with Crippen molar-refractivity contribution in [2.45, 2.75) is 32.0 Å². The number of hydrogen-bond donors (Lipinski definition) is 2.